The molecule has 0 aliphatic carbocycles. The van der Waals surface area contributed by atoms with Crippen molar-refractivity contribution in [3.8, 4) is 5.75 Å². The van der Waals surface area contributed by atoms with Gasteiger partial charge in [-0.1, -0.05) is 15.9 Å². The van der Waals surface area contributed by atoms with Gasteiger partial charge in [-0.25, -0.2) is 0 Å². The van der Waals surface area contributed by atoms with Crippen molar-refractivity contribution in [2.75, 3.05) is 40.3 Å². The fraction of sp³-hybridized carbons (Fsp3) is 0.368. The summed E-state index contributed by atoms with van der Waals surface area (Å²) in [7, 11) is 3.43. The molecule has 1 saturated heterocycles. The van der Waals surface area contributed by atoms with Crippen LogP contribution in [0.4, 0.5) is 0 Å². The largest absolute Gasteiger partial charge is 0.496 e. The SMILES string of the molecule is CN=C(NCc1cc(Br)ccc1OC)N1CCN(C(=O)c2ccco2)CC1.I. The number of aliphatic imine (C=N–C) groups is 1. The van der Waals surface area contributed by atoms with Crippen molar-refractivity contribution >= 4 is 51.8 Å². The zero-order valence-electron chi connectivity index (χ0n) is 15.9. The highest BCUT2D eigenvalue weighted by Crippen LogP contribution is 2.22. The van der Waals surface area contributed by atoms with Crippen LogP contribution in [0.2, 0.25) is 0 Å². The third kappa shape index (κ3) is 5.40. The number of hydrogen-bond acceptors (Lipinski definition) is 4. The molecule has 1 amide bonds. The molecule has 3 rings (SSSR count). The minimum atomic E-state index is -0.0681. The van der Waals surface area contributed by atoms with E-state index in [-0.39, 0.29) is 29.9 Å². The second kappa shape index (κ2) is 10.7. The number of benzene rings is 1. The van der Waals surface area contributed by atoms with E-state index < -0.39 is 0 Å². The first kappa shape index (κ1) is 22.5. The Morgan fingerprint density at radius 1 is 1.25 bits per heavy atom. The Hall–Kier alpha value is -1.75. The number of ether oxygens (including phenoxy) is 1. The molecule has 1 aliphatic heterocycles. The first-order chi connectivity index (χ1) is 13.1. The molecule has 9 heteroatoms. The van der Waals surface area contributed by atoms with Gasteiger partial charge < -0.3 is 24.3 Å². The molecule has 0 bridgehead atoms. The van der Waals surface area contributed by atoms with Crippen molar-refractivity contribution in [1.82, 2.24) is 15.1 Å². The van der Waals surface area contributed by atoms with Crippen LogP contribution in [0.1, 0.15) is 16.1 Å². The van der Waals surface area contributed by atoms with E-state index in [9.17, 15) is 4.79 Å². The van der Waals surface area contributed by atoms with Gasteiger partial charge in [0.1, 0.15) is 5.75 Å². The van der Waals surface area contributed by atoms with E-state index in [0.717, 1.165) is 21.7 Å². The quantitative estimate of drug-likeness (QED) is 0.352. The van der Waals surface area contributed by atoms with Crippen molar-refractivity contribution in [3.05, 3.63) is 52.4 Å². The zero-order valence-corrected chi connectivity index (χ0v) is 19.8. The molecular formula is C19H24BrIN4O3. The topological polar surface area (TPSA) is 70.3 Å². The Bertz CT molecular complexity index is 806. The molecule has 0 atom stereocenters. The number of halogens is 2. The molecule has 1 aromatic carbocycles. The second-order valence-corrected chi connectivity index (χ2v) is 7.03. The first-order valence-corrected chi connectivity index (χ1v) is 9.52. The van der Waals surface area contributed by atoms with Crippen LogP contribution in [-0.2, 0) is 6.54 Å². The lowest BCUT2D eigenvalue weighted by Crippen LogP contribution is -2.53. The smallest absolute Gasteiger partial charge is 0.289 e. The summed E-state index contributed by atoms with van der Waals surface area (Å²) in [5.41, 5.74) is 1.04. The second-order valence-electron chi connectivity index (χ2n) is 6.11. The number of guanidine groups is 1. The normalized spacial score (nSPS) is 14.5. The highest BCUT2D eigenvalue weighted by Gasteiger charge is 2.25. The summed E-state index contributed by atoms with van der Waals surface area (Å²) in [6.45, 7) is 3.27. The highest BCUT2D eigenvalue weighted by molar-refractivity contribution is 14.0. The number of nitrogens with one attached hydrogen (secondary N) is 1. The van der Waals surface area contributed by atoms with Crippen molar-refractivity contribution in [1.29, 1.82) is 0 Å². The minimum Gasteiger partial charge on any atom is -0.496 e. The van der Waals surface area contributed by atoms with Crippen LogP contribution in [-0.4, -0.2) is 62.0 Å². The van der Waals surface area contributed by atoms with Gasteiger partial charge >= 0.3 is 0 Å². The standard InChI is InChI=1S/C19H23BrN4O3.HI/c1-21-19(22-13-14-12-15(20)5-6-16(14)26-2)24-9-7-23(8-10-24)18(25)17-4-3-11-27-17;/h3-6,11-12H,7-10,13H2,1-2H3,(H,21,22);1H. The van der Waals surface area contributed by atoms with Gasteiger partial charge in [0.15, 0.2) is 11.7 Å². The van der Waals surface area contributed by atoms with Crippen molar-refractivity contribution in [2.45, 2.75) is 6.54 Å². The zero-order chi connectivity index (χ0) is 19.2. The minimum absolute atomic E-state index is 0. The van der Waals surface area contributed by atoms with Gasteiger partial charge in [0.2, 0.25) is 0 Å². The van der Waals surface area contributed by atoms with Crippen LogP contribution in [0.3, 0.4) is 0 Å². The monoisotopic (exact) mass is 562 g/mol. The lowest BCUT2D eigenvalue weighted by Gasteiger charge is -2.36. The Kier molecular flexibility index (Phi) is 8.61. The van der Waals surface area contributed by atoms with Gasteiger partial charge in [-0.15, -0.1) is 24.0 Å². The number of carbonyl (C=O) groups is 1. The molecule has 0 spiro atoms. The van der Waals surface area contributed by atoms with Crippen LogP contribution in [0.5, 0.6) is 5.75 Å². The molecule has 1 aromatic heterocycles. The van der Waals surface area contributed by atoms with Crippen LogP contribution in [0.25, 0.3) is 0 Å². The molecule has 0 radical (unpaired) electrons. The maximum absolute atomic E-state index is 12.4. The molecule has 0 saturated carbocycles. The number of nitrogens with zero attached hydrogens (tertiary/aromatic N) is 3. The third-order valence-electron chi connectivity index (χ3n) is 4.49. The molecule has 0 unspecified atom stereocenters. The maximum Gasteiger partial charge on any atom is 0.289 e. The lowest BCUT2D eigenvalue weighted by molar-refractivity contribution is 0.0657. The fourth-order valence-electron chi connectivity index (χ4n) is 3.07. The predicted molar refractivity (Wildman–Crippen MR) is 122 cm³/mol. The van der Waals surface area contributed by atoms with E-state index in [1.54, 1.807) is 31.2 Å². The van der Waals surface area contributed by atoms with Crippen LogP contribution < -0.4 is 10.1 Å². The number of hydrogen-bond donors (Lipinski definition) is 1. The van der Waals surface area contributed by atoms with Gasteiger partial charge in [0, 0.05) is 49.8 Å². The van der Waals surface area contributed by atoms with E-state index in [4.69, 9.17) is 9.15 Å². The summed E-state index contributed by atoms with van der Waals surface area (Å²) in [6.07, 6.45) is 1.52. The predicted octanol–water partition coefficient (Wildman–Crippen LogP) is 3.20. The molecule has 2 heterocycles. The average molecular weight is 563 g/mol. The molecule has 2 aromatic rings. The molecule has 28 heavy (non-hydrogen) atoms. The van der Waals surface area contributed by atoms with Crippen molar-refractivity contribution < 1.29 is 13.9 Å². The van der Waals surface area contributed by atoms with E-state index in [1.807, 2.05) is 18.2 Å². The highest BCUT2D eigenvalue weighted by atomic mass is 127. The number of carbonyl (C=O) groups excluding carboxylic acids is 1. The van der Waals surface area contributed by atoms with Crippen molar-refractivity contribution in [3.63, 3.8) is 0 Å². The van der Waals surface area contributed by atoms with Gasteiger partial charge in [0.25, 0.3) is 5.91 Å². The molecule has 7 nitrogen and oxygen atoms in total. The first-order valence-electron chi connectivity index (χ1n) is 8.73. The summed E-state index contributed by atoms with van der Waals surface area (Å²) in [6, 6.07) is 9.33. The third-order valence-corrected chi connectivity index (χ3v) is 4.98. The summed E-state index contributed by atoms with van der Waals surface area (Å²) in [5, 5.41) is 3.38. The van der Waals surface area contributed by atoms with Gasteiger partial charge in [-0.2, -0.15) is 0 Å². The van der Waals surface area contributed by atoms with Gasteiger partial charge in [-0.05, 0) is 30.3 Å². The Morgan fingerprint density at radius 2 is 1.96 bits per heavy atom. The summed E-state index contributed by atoms with van der Waals surface area (Å²) < 4.78 is 11.6. The summed E-state index contributed by atoms with van der Waals surface area (Å²) in [5.74, 6) is 1.95. The Morgan fingerprint density at radius 3 is 2.57 bits per heavy atom. The van der Waals surface area contributed by atoms with Crippen LogP contribution in [0.15, 0.2) is 50.5 Å². The van der Waals surface area contributed by atoms with Gasteiger partial charge in [-0.3, -0.25) is 9.79 Å². The maximum atomic E-state index is 12.4. The van der Waals surface area contributed by atoms with E-state index in [2.05, 4.69) is 31.1 Å². The molecule has 1 N–H and O–H groups in total. The lowest BCUT2D eigenvalue weighted by atomic mass is 10.2. The number of rotatable bonds is 4. The van der Waals surface area contributed by atoms with Crippen LogP contribution >= 0.6 is 39.9 Å². The van der Waals surface area contributed by atoms with Gasteiger partial charge in [0.05, 0.1) is 13.4 Å². The molecular weight excluding hydrogens is 539 g/mol. The van der Waals surface area contributed by atoms with E-state index in [1.165, 1.54) is 6.26 Å². The number of furan rings is 1. The van der Waals surface area contributed by atoms with E-state index in [0.29, 0.717) is 38.5 Å². The van der Waals surface area contributed by atoms with Crippen molar-refractivity contribution in [2.24, 2.45) is 4.99 Å². The number of piperazine rings is 1. The Labute approximate surface area is 190 Å². The number of amides is 1. The summed E-state index contributed by atoms with van der Waals surface area (Å²) >= 11 is 3.49. The fourth-order valence-corrected chi connectivity index (χ4v) is 3.48. The molecule has 152 valence electrons. The summed E-state index contributed by atoms with van der Waals surface area (Å²) in [4.78, 5) is 20.7. The Balaban J connectivity index is 0.00000280. The van der Waals surface area contributed by atoms with E-state index >= 15 is 0 Å². The number of methoxy groups -OCH3 is 1. The molecule has 1 aliphatic rings. The molecule has 1 fully saturated rings. The van der Waals surface area contributed by atoms with Crippen LogP contribution in [0, 0.1) is 0 Å². The average Bonchev–Trinajstić information content (AvgIpc) is 3.23.